The largest absolute Gasteiger partial charge is 0.491 e. The highest BCUT2D eigenvalue weighted by molar-refractivity contribution is 6.06. The molecule has 0 radical (unpaired) electrons. The zero-order chi connectivity index (χ0) is 23.5. The summed E-state index contributed by atoms with van der Waals surface area (Å²) in [5.74, 6) is 3.29. The molecule has 7 heteroatoms. The molecule has 4 bridgehead atoms. The van der Waals surface area contributed by atoms with E-state index in [1.54, 1.807) is 19.1 Å². The fourth-order valence-electron chi connectivity index (χ4n) is 7.42. The van der Waals surface area contributed by atoms with Gasteiger partial charge in [-0.05, 0) is 98.4 Å². The number of aliphatic hydroxyl groups excluding tert-OH is 1. The fraction of sp³-hybridized carbons (Fsp3) is 0.556. The first-order valence-corrected chi connectivity index (χ1v) is 12.4. The lowest BCUT2D eigenvalue weighted by Crippen LogP contribution is -2.48. The summed E-state index contributed by atoms with van der Waals surface area (Å²) in [4.78, 5) is 26.3. The summed E-state index contributed by atoms with van der Waals surface area (Å²) in [6.07, 6.45) is 8.70. The second-order valence-electron chi connectivity index (χ2n) is 11.1. The number of aliphatic hydroxyl groups is 1. The number of β-amino-alcohol motifs (C(OH)–C–C–N with tert-alkyl or cyclic N) is 1. The summed E-state index contributed by atoms with van der Waals surface area (Å²) < 4.78 is 11.1. The Bertz CT molecular complexity index is 1040. The van der Waals surface area contributed by atoms with Crippen LogP contribution < -0.4 is 10.1 Å². The summed E-state index contributed by atoms with van der Waals surface area (Å²) in [5.41, 5.74) is 0.501. The van der Waals surface area contributed by atoms with Crippen LogP contribution in [0.25, 0.3) is 0 Å². The summed E-state index contributed by atoms with van der Waals surface area (Å²) in [5, 5.41) is 13.2. The van der Waals surface area contributed by atoms with Crippen molar-refractivity contribution in [3.63, 3.8) is 0 Å². The summed E-state index contributed by atoms with van der Waals surface area (Å²) in [7, 11) is 0. The van der Waals surface area contributed by atoms with Gasteiger partial charge in [-0.1, -0.05) is 12.1 Å². The third-order valence-corrected chi connectivity index (χ3v) is 8.63. The molecule has 5 aliphatic rings. The number of amides is 3. The Morgan fingerprint density at radius 2 is 1.74 bits per heavy atom. The third-order valence-electron chi connectivity index (χ3n) is 8.63. The van der Waals surface area contributed by atoms with E-state index < -0.39 is 23.6 Å². The normalized spacial score (nSPS) is 35.0. The monoisotopic (exact) mass is 464 g/mol. The lowest BCUT2D eigenvalue weighted by molar-refractivity contribution is -0.132. The number of nitrogens with one attached hydrogen (secondary N) is 1. The van der Waals surface area contributed by atoms with Crippen LogP contribution in [0.4, 0.5) is 4.79 Å². The van der Waals surface area contributed by atoms with Crippen LogP contribution in [-0.2, 0) is 15.7 Å². The van der Waals surface area contributed by atoms with E-state index in [-0.39, 0.29) is 13.2 Å². The van der Waals surface area contributed by atoms with E-state index in [9.17, 15) is 14.7 Å². The fourth-order valence-corrected chi connectivity index (χ4v) is 7.42. The van der Waals surface area contributed by atoms with Crippen LogP contribution in [0.1, 0.15) is 56.8 Å². The molecule has 4 saturated carbocycles. The van der Waals surface area contributed by atoms with Crippen LogP contribution in [0.2, 0.25) is 0 Å². The number of carbonyl (C=O) groups excluding carboxylic acids is 2. The molecule has 34 heavy (non-hydrogen) atoms. The molecule has 7 rings (SSSR count). The molecule has 4 aliphatic carbocycles. The van der Waals surface area contributed by atoms with Crippen molar-refractivity contribution in [2.75, 3.05) is 13.2 Å². The van der Waals surface area contributed by atoms with Gasteiger partial charge >= 0.3 is 6.03 Å². The van der Waals surface area contributed by atoms with Gasteiger partial charge in [-0.15, -0.1) is 0 Å². The quantitative estimate of drug-likeness (QED) is 0.606. The molecule has 2 aromatic rings. The van der Waals surface area contributed by atoms with Crippen LogP contribution in [0.3, 0.4) is 0 Å². The van der Waals surface area contributed by atoms with E-state index in [0.29, 0.717) is 16.9 Å². The molecule has 2 heterocycles. The van der Waals surface area contributed by atoms with Crippen molar-refractivity contribution >= 4 is 11.9 Å². The predicted molar refractivity (Wildman–Crippen MR) is 124 cm³/mol. The maximum absolute atomic E-state index is 12.9. The molecule has 0 spiro atoms. The average molecular weight is 465 g/mol. The Balaban J connectivity index is 1.06. The number of rotatable bonds is 7. The van der Waals surface area contributed by atoms with Crippen molar-refractivity contribution in [3.05, 3.63) is 54.0 Å². The second-order valence-corrected chi connectivity index (χ2v) is 11.1. The lowest BCUT2D eigenvalue weighted by Gasteiger charge is -2.57. The number of imide groups is 1. The molecule has 7 nitrogen and oxygen atoms in total. The number of hydrogen-bond donors (Lipinski definition) is 2. The van der Waals surface area contributed by atoms with Crippen LogP contribution in [-0.4, -0.2) is 41.2 Å². The van der Waals surface area contributed by atoms with Crippen molar-refractivity contribution in [2.45, 2.75) is 62.5 Å². The maximum Gasteiger partial charge on any atom is 0.325 e. The Kier molecular flexibility index (Phi) is 5.03. The zero-order valence-electron chi connectivity index (χ0n) is 19.5. The number of nitrogens with zero attached hydrogens (tertiary/aromatic N) is 1. The number of carbonyl (C=O) groups is 2. The smallest absolute Gasteiger partial charge is 0.325 e. The standard InChI is InChI=1S/C27H32N2O5/c1-26(23-3-2-8-33-23)24(31)29(25(32)28-26)15-21(30)16-34-22-6-4-20(5-7-22)27-12-17-9-18(13-27)11-19(10-17)14-27/h2-8,17-19,21,30H,9-16H2,1H3,(H,28,32)/t17?,18?,19?,21-,26+,27?/m0/s1. The van der Waals surface area contributed by atoms with Gasteiger partial charge in [0.15, 0.2) is 5.54 Å². The molecular weight excluding hydrogens is 432 g/mol. The van der Waals surface area contributed by atoms with Crippen molar-refractivity contribution in [3.8, 4) is 5.75 Å². The molecule has 2 N–H and O–H groups in total. The van der Waals surface area contributed by atoms with Gasteiger partial charge in [0.25, 0.3) is 5.91 Å². The number of benzene rings is 1. The maximum atomic E-state index is 12.9. The van der Waals surface area contributed by atoms with Gasteiger partial charge in [0.2, 0.25) is 0 Å². The Morgan fingerprint density at radius 3 is 2.32 bits per heavy atom. The molecule has 1 aromatic heterocycles. The van der Waals surface area contributed by atoms with Gasteiger partial charge < -0.3 is 19.6 Å². The average Bonchev–Trinajstić information content (AvgIpc) is 3.42. The van der Waals surface area contributed by atoms with Gasteiger partial charge in [-0.2, -0.15) is 0 Å². The van der Waals surface area contributed by atoms with E-state index >= 15 is 0 Å². The number of ether oxygens (including phenoxy) is 1. The van der Waals surface area contributed by atoms with Crippen molar-refractivity contribution < 1.29 is 23.8 Å². The molecule has 180 valence electrons. The van der Waals surface area contributed by atoms with Gasteiger partial charge in [0.05, 0.1) is 12.8 Å². The van der Waals surface area contributed by atoms with Crippen LogP contribution in [0.5, 0.6) is 5.75 Å². The van der Waals surface area contributed by atoms with E-state index in [1.807, 2.05) is 12.1 Å². The highest BCUT2D eigenvalue weighted by atomic mass is 16.5. The van der Waals surface area contributed by atoms with Crippen LogP contribution in [0, 0.1) is 17.8 Å². The Hall–Kier alpha value is -2.80. The molecule has 1 aliphatic heterocycles. The topological polar surface area (TPSA) is 92.0 Å². The Labute approximate surface area is 199 Å². The molecule has 1 aromatic carbocycles. The lowest BCUT2D eigenvalue weighted by atomic mass is 9.48. The summed E-state index contributed by atoms with van der Waals surface area (Å²) >= 11 is 0. The first kappa shape index (κ1) is 21.7. The van der Waals surface area contributed by atoms with Crippen molar-refractivity contribution in [1.29, 1.82) is 0 Å². The zero-order valence-corrected chi connectivity index (χ0v) is 19.5. The van der Waals surface area contributed by atoms with Crippen molar-refractivity contribution in [2.24, 2.45) is 17.8 Å². The number of hydrogen-bond acceptors (Lipinski definition) is 5. The molecule has 1 saturated heterocycles. The minimum Gasteiger partial charge on any atom is -0.491 e. The Morgan fingerprint density at radius 1 is 1.09 bits per heavy atom. The SMILES string of the molecule is C[C@]1(c2ccco2)NC(=O)N(C[C@H](O)COc2ccc(C34CC5CC(CC(C5)C3)C4)cc2)C1=O. The number of furan rings is 1. The highest BCUT2D eigenvalue weighted by Crippen LogP contribution is 2.60. The second kappa shape index (κ2) is 7.87. The summed E-state index contributed by atoms with van der Waals surface area (Å²) in [6, 6.07) is 11.1. The van der Waals surface area contributed by atoms with E-state index in [2.05, 4.69) is 17.4 Å². The third kappa shape index (κ3) is 3.52. The first-order valence-electron chi connectivity index (χ1n) is 12.4. The molecule has 2 atom stereocenters. The van der Waals surface area contributed by atoms with E-state index in [4.69, 9.17) is 9.15 Å². The van der Waals surface area contributed by atoms with Crippen LogP contribution >= 0.6 is 0 Å². The minimum absolute atomic E-state index is 0.00869. The molecule has 3 amide bonds. The first-order chi connectivity index (χ1) is 16.3. The number of urea groups is 1. The van der Waals surface area contributed by atoms with Gasteiger partial charge in [0, 0.05) is 0 Å². The molecule has 0 unspecified atom stereocenters. The van der Waals surface area contributed by atoms with E-state index in [1.165, 1.54) is 50.4 Å². The van der Waals surface area contributed by atoms with Crippen LogP contribution in [0.15, 0.2) is 47.1 Å². The molecule has 5 fully saturated rings. The van der Waals surface area contributed by atoms with Gasteiger partial charge in [-0.3, -0.25) is 9.69 Å². The van der Waals surface area contributed by atoms with Gasteiger partial charge in [-0.25, -0.2) is 4.79 Å². The minimum atomic E-state index is -1.27. The summed E-state index contributed by atoms with van der Waals surface area (Å²) in [6.45, 7) is 1.44. The van der Waals surface area contributed by atoms with E-state index in [0.717, 1.165) is 22.7 Å². The molecular formula is C27H32N2O5. The van der Waals surface area contributed by atoms with Gasteiger partial charge in [0.1, 0.15) is 24.2 Å². The highest BCUT2D eigenvalue weighted by Gasteiger charge is 2.52. The predicted octanol–water partition coefficient (Wildman–Crippen LogP) is 3.95. The van der Waals surface area contributed by atoms with Crippen molar-refractivity contribution in [1.82, 2.24) is 10.2 Å².